The molecule has 3 aliphatic rings. The van der Waals surface area contributed by atoms with Gasteiger partial charge in [0.2, 0.25) is 5.91 Å². The van der Waals surface area contributed by atoms with Crippen molar-refractivity contribution in [3.05, 3.63) is 17.7 Å². The van der Waals surface area contributed by atoms with E-state index in [1.807, 2.05) is 0 Å². The molecule has 7 heteroatoms. The molecule has 2 aliphatic carbocycles. The van der Waals surface area contributed by atoms with Crippen molar-refractivity contribution in [1.29, 1.82) is 0 Å². The normalized spacial score (nSPS) is 21.4. The lowest BCUT2D eigenvalue weighted by Gasteiger charge is -2.27. The zero-order valence-corrected chi connectivity index (χ0v) is 15.5. The lowest BCUT2D eigenvalue weighted by Crippen LogP contribution is -3.08. The highest BCUT2D eigenvalue weighted by atomic mass is 32.2. The van der Waals surface area contributed by atoms with Gasteiger partial charge in [-0.25, -0.2) is 0 Å². The van der Waals surface area contributed by atoms with Gasteiger partial charge in [-0.05, 0) is 38.5 Å². The highest BCUT2D eigenvalue weighted by Gasteiger charge is 2.35. The van der Waals surface area contributed by atoms with E-state index in [1.165, 1.54) is 61.1 Å². The van der Waals surface area contributed by atoms with E-state index in [0.717, 1.165) is 32.2 Å². The minimum Gasteiger partial charge on any atom is -0.410 e. The molecule has 1 aliphatic heterocycles. The zero-order chi connectivity index (χ0) is 17.1. The van der Waals surface area contributed by atoms with E-state index in [-0.39, 0.29) is 5.91 Å². The molecule has 4 rings (SSSR count). The fourth-order valence-corrected chi connectivity index (χ4v) is 4.44. The average Bonchev–Trinajstić information content (AvgIpc) is 3.14. The molecule has 0 spiro atoms. The molecule has 1 aromatic heterocycles. The summed E-state index contributed by atoms with van der Waals surface area (Å²) in [5, 5.41) is 8.78. The minimum absolute atomic E-state index is 0.186. The van der Waals surface area contributed by atoms with Gasteiger partial charge in [0.05, 0.1) is 18.8 Å². The van der Waals surface area contributed by atoms with Crippen LogP contribution < -0.4 is 4.90 Å². The van der Waals surface area contributed by atoms with Gasteiger partial charge in [-0.15, -0.1) is 10.2 Å². The Morgan fingerprint density at radius 2 is 2.08 bits per heavy atom. The monoisotopic (exact) mass is 363 g/mol. The van der Waals surface area contributed by atoms with E-state index in [1.54, 1.807) is 0 Å². The Hall–Kier alpha value is -1.34. The van der Waals surface area contributed by atoms with Crippen LogP contribution in [0.25, 0.3) is 0 Å². The van der Waals surface area contributed by atoms with Crippen LogP contribution >= 0.6 is 11.8 Å². The first kappa shape index (κ1) is 17.1. The second kappa shape index (κ2) is 7.91. The first-order valence-corrected chi connectivity index (χ1v) is 10.6. The summed E-state index contributed by atoms with van der Waals surface area (Å²) in [7, 11) is 0. The van der Waals surface area contributed by atoms with E-state index in [4.69, 9.17) is 4.42 Å². The molecule has 0 atom stereocenters. The van der Waals surface area contributed by atoms with Crippen molar-refractivity contribution >= 4 is 17.7 Å². The number of hydrogen-bond donors (Lipinski definition) is 1. The molecular formula is C18H27N4O2S+. The van der Waals surface area contributed by atoms with E-state index in [9.17, 15) is 4.79 Å². The predicted molar refractivity (Wildman–Crippen MR) is 95.1 cm³/mol. The average molecular weight is 364 g/mol. The molecule has 0 bridgehead atoms. The first-order valence-electron chi connectivity index (χ1n) is 9.59. The highest BCUT2D eigenvalue weighted by Crippen LogP contribution is 2.34. The number of rotatable bonds is 7. The van der Waals surface area contributed by atoms with Crippen molar-refractivity contribution < 1.29 is 14.1 Å². The Morgan fingerprint density at radius 1 is 1.24 bits per heavy atom. The molecule has 1 saturated carbocycles. The fourth-order valence-electron chi connectivity index (χ4n) is 3.80. The third-order valence-electron chi connectivity index (χ3n) is 5.24. The SMILES string of the molecule is O=C(CSc1nnc(C[NH+]2CCCC2)o1)N(C1=CCCCC1)C1CC1. The van der Waals surface area contributed by atoms with Crippen LogP contribution in [-0.4, -0.2) is 45.9 Å². The van der Waals surface area contributed by atoms with E-state index >= 15 is 0 Å². The van der Waals surface area contributed by atoms with Crippen LogP contribution in [0.4, 0.5) is 0 Å². The summed E-state index contributed by atoms with van der Waals surface area (Å²) in [4.78, 5) is 16.3. The van der Waals surface area contributed by atoms with Gasteiger partial charge in [0, 0.05) is 24.6 Å². The molecule has 1 aromatic rings. The van der Waals surface area contributed by atoms with Gasteiger partial charge in [0.1, 0.15) is 0 Å². The maximum atomic E-state index is 12.8. The zero-order valence-electron chi connectivity index (χ0n) is 14.7. The lowest BCUT2D eigenvalue weighted by molar-refractivity contribution is -0.902. The number of nitrogens with zero attached hydrogens (tertiary/aromatic N) is 3. The number of allylic oxidation sites excluding steroid dienone is 2. The van der Waals surface area contributed by atoms with Crippen LogP contribution in [0.5, 0.6) is 0 Å². The van der Waals surface area contributed by atoms with Gasteiger partial charge in [-0.3, -0.25) is 4.79 Å². The number of nitrogens with one attached hydrogen (secondary N) is 1. The molecule has 6 nitrogen and oxygen atoms in total. The number of carbonyl (C=O) groups is 1. The van der Waals surface area contributed by atoms with Crippen LogP contribution in [0.2, 0.25) is 0 Å². The standard InChI is InChI=1S/C18H26N4O2S/c23-17(22(15-8-9-15)14-6-2-1-3-7-14)13-25-18-20-19-16(24-18)12-21-10-4-5-11-21/h6,15H,1-5,7-13H2/p+1. The second-order valence-electron chi connectivity index (χ2n) is 7.32. The Bertz CT molecular complexity index is 635. The van der Waals surface area contributed by atoms with Crippen LogP contribution in [0.15, 0.2) is 21.4 Å². The number of thioether (sulfide) groups is 1. The van der Waals surface area contributed by atoms with Crippen LogP contribution in [0, 0.1) is 0 Å². The topological polar surface area (TPSA) is 63.7 Å². The second-order valence-corrected chi connectivity index (χ2v) is 8.25. The molecule has 2 heterocycles. The quantitative estimate of drug-likeness (QED) is 0.749. The molecular weight excluding hydrogens is 336 g/mol. The number of quaternary nitrogens is 1. The van der Waals surface area contributed by atoms with E-state index in [2.05, 4.69) is 21.2 Å². The van der Waals surface area contributed by atoms with Crippen molar-refractivity contribution in [2.75, 3.05) is 18.8 Å². The molecule has 0 unspecified atom stereocenters. The third-order valence-corrected chi connectivity index (χ3v) is 6.04. The highest BCUT2D eigenvalue weighted by molar-refractivity contribution is 7.99. The summed E-state index contributed by atoms with van der Waals surface area (Å²) < 4.78 is 5.73. The van der Waals surface area contributed by atoms with Crippen molar-refractivity contribution in [3.63, 3.8) is 0 Å². The molecule has 25 heavy (non-hydrogen) atoms. The van der Waals surface area contributed by atoms with Crippen molar-refractivity contribution in [2.45, 2.75) is 69.2 Å². The number of aromatic nitrogens is 2. The molecule has 0 aromatic carbocycles. The summed E-state index contributed by atoms with van der Waals surface area (Å²) in [6, 6.07) is 0.425. The first-order chi connectivity index (χ1) is 12.3. The van der Waals surface area contributed by atoms with Crippen LogP contribution in [0.3, 0.4) is 0 Å². The third kappa shape index (κ3) is 4.44. The summed E-state index contributed by atoms with van der Waals surface area (Å²) in [5.41, 5.74) is 1.24. The van der Waals surface area contributed by atoms with Crippen molar-refractivity contribution in [3.8, 4) is 0 Å². The Morgan fingerprint density at radius 3 is 2.80 bits per heavy atom. The fraction of sp³-hybridized carbons (Fsp3) is 0.722. The van der Waals surface area contributed by atoms with Gasteiger partial charge < -0.3 is 14.2 Å². The Kier molecular flexibility index (Phi) is 5.41. The molecule has 1 amide bonds. The van der Waals surface area contributed by atoms with Gasteiger partial charge in [-0.1, -0.05) is 17.8 Å². The minimum atomic E-state index is 0.186. The maximum absolute atomic E-state index is 12.8. The number of amides is 1. The molecule has 1 saturated heterocycles. The molecule has 2 fully saturated rings. The van der Waals surface area contributed by atoms with Gasteiger partial charge in [0.15, 0.2) is 6.54 Å². The summed E-state index contributed by atoms with van der Waals surface area (Å²) in [6.07, 6.45) is 11.7. The summed E-state index contributed by atoms with van der Waals surface area (Å²) in [5.74, 6) is 1.26. The van der Waals surface area contributed by atoms with Crippen molar-refractivity contribution in [2.24, 2.45) is 0 Å². The van der Waals surface area contributed by atoms with E-state index < -0.39 is 0 Å². The molecule has 136 valence electrons. The van der Waals surface area contributed by atoms with Crippen LogP contribution in [-0.2, 0) is 11.3 Å². The molecule has 1 N–H and O–H groups in total. The van der Waals surface area contributed by atoms with Gasteiger partial charge in [0.25, 0.3) is 11.1 Å². The number of likely N-dealkylation sites (tertiary alicyclic amines) is 1. The predicted octanol–water partition coefficient (Wildman–Crippen LogP) is 1.79. The smallest absolute Gasteiger partial charge is 0.277 e. The van der Waals surface area contributed by atoms with Gasteiger partial charge in [-0.2, -0.15) is 0 Å². The van der Waals surface area contributed by atoms with Gasteiger partial charge >= 0.3 is 0 Å². The molecule has 0 radical (unpaired) electrons. The van der Waals surface area contributed by atoms with Crippen molar-refractivity contribution in [1.82, 2.24) is 15.1 Å². The summed E-state index contributed by atoms with van der Waals surface area (Å²) >= 11 is 1.38. The largest absolute Gasteiger partial charge is 0.410 e. The van der Waals surface area contributed by atoms with Crippen LogP contribution in [0.1, 0.15) is 57.3 Å². The summed E-state index contributed by atoms with van der Waals surface area (Å²) in [6.45, 7) is 3.19. The Labute approximate surface area is 153 Å². The van der Waals surface area contributed by atoms with E-state index in [0.29, 0.717) is 22.9 Å². The Balaban J connectivity index is 1.31. The maximum Gasteiger partial charge on any atom is 0.277 e. The number of carbonyl (C=O) groups excluding carboxylic acids is 1. The lowest BCUT2D eigenvalue weighted by atomic mass is 10.0. The number of hydrogen-bond acceptors (Lipinski definition) is 5.